The fraction of sp³-hybridized carbons (Fsp3) is 0. The Labute approximate surface area is 248 Å². The molecule has 0 aliphatic carbocycles. The van der Waals surface area contributed by atoms with Crippen molar-refractivity contribution in [2.24, 2.45) is 0 Å². The zero-order chi connectivity index (χ0) is 25.8. The van der Waals surface area contributed by atoms with Crippen molar-refractivity contribution in [2.75, 3.05) is 0 Å². The first-order valence-electron chi connectivity index (χ1n) is 12.5. The van der Waals surface area contributed by atoms with E-state index in [2.05, 4.69) is 63.1 Å². The summed E-state index contributed by atoms with van der Waals surface area (Å²) in [5.41, 5.74) is 7.55. The van der Waals surface area contributed by atoms with Crippen LogP contribution in [0.15, 0.2) is 114 Å². The molecule has 0 aliphatic heterocycles. The molecule has 0 spiro atoms. The molecule has 0 radical (unpaired) electrons. The summed E-state index contributed by atoms with van der Waals surface area (Å²) in [6.07, 6.45) is 5.06. The third kappa shape index (κ3) is 4.08. The van der Waals surface area contributed by atoms with Crippen molar-refractivity contribution in [2.45, 2.75) is 0 Å². The van der Waals surface area contributed by atoms with E-state index in [1.54, 1.807) is 30.0 Å². The quantitative estimate of drug-likeness (QED) is 0.172. The monoisotopic (exact) mass is 713 g/mol. The van der Waals surface area contributed by atoms with Crippen molar-refractivity contribution in [1.29, 1.82) is 0 Å². The van der Waals surface area contributed by atoms with Gasteiger partial charge in [-0.15, -0.1) is 53.6 Å². The molecule has 0 aliphatic rings. The maximum absolute atomic E-state index is 5.62. The summed E-state index contributed by atoms with van der Waals surface area (Å²) in [4.78, 5) is 13.8. The van der Waals surface area contributed by atoms with Crippen LogP contribution in [0.3, 0.4) is 0 Å². The van der Waals surface area contributed by atoms with Crippen molar-refractivity contribution in [1.82, 2.24) is 19.5 Å². The summed E-state index contributed by atoms with van der Waals surface area (Å²) in [7, 11) is 0. The Kier molecular flexibility index (Phi) is 6.15. The van der Waals surface area contributed by atoms with Crippen molar-refractivity contribution in [3.8, 4) is 39.0 Å². The third-order valence-corrected chi connectivity index (χ3v) is 7.91. The van der Waals surface area contributed by atoms with Gasteiger partial charge in [0, 0.05) is 27.0 Å². The molecule has 4 aromatic heterocycles. The van der Waals surface area contributed by atoms with E-state index >= 15 is 0 Å². The van der Waals surface area contributed by atoms with Gasteiger partial charge in [-0.2, -0.15) is 11.3 Å². The molecular formula is C33H18N4OPtS. The maximum atomic E-state index is 5.62. The van der Waals surface area contributed by atoms with Crippen LogP contribution in [0.4, 0.5) is 0 Å². The summed E-state index contributed by atoms with van der Waals surface area (Å²) in [6.45, 7) is 0. The van der Waals surface area contributed by atoms with E-state index in [0.29, 0.717) is 5.89 Å². The topological polar surface area (TPSA) is 56.7 Å². The average molecular weight is 714 g/mol. The van der Waals surface area contributed by atoms with Crippen molar-refractivity contribution in [3.63, 3.8) is 0 Å². The standard InChI is InChI=1S/C33H18N4OS.Pt/c1-2-10-31-28(9-1)36-33(39-31)23-12-14-26-25-13-11-22(32-35-16-17-38-32)19-29(25)37(30(26)20-23)24-7-5-6-21(18-24)27-8-3-4-15-34-27;/h1-17,19H;/q-2;+2. The number of nitrogens with zero attached hydrogens (tertiary/aromatic N) is 4. The summed E-state index contributed by atoms with van der Waals surface area (Å²) >= 11 is 1.68. The molecular weight excluding hydrogens is 696 g/mol. The summed E-state index contributed by atoms with van der Waals surface area (Å²) in [5.74, 6) is 0.582. The van der Waals surface area contributed by atoms with Gasteiger partial charge in [0.25, 0.3) is 0 Å². The van der Waals surface area contributed by atoms with Crippen LogP contribution < -0.4 is 0 Å². The Morgan fingerprint density at radius 2 is 1.65 bits per heavy atom. The normalized spacial score (nSPS) is 11.3. The van der Waals surface area contributed by atoms with Gasteiger partial charge in [0.05, 0.1) is 11.7 Å². The molecule has 5 nitrogen and oxygen atoms in total. The van der Waals surface area contributed by atoms with Crippen LogP contribution in [-0.4, -0.2) is 19.5 Å². The largest absolute Gasteiger partial charge is 2.00 e. The molecule has 0 amide bonds. The first kappa shape index (κ1) is 24.6. The SMILES string of the molecule is [Pt+2].[c-]1c(-c2ccccn2)cccc1-n1c2[c-]c(-c3nc4ccccc4s3)ccc2c2ccc(-c3ncco3)cc21. The number of benzene rings is 4. The number of fused-ring (bicyclic) bond motifs is 4. The molecule has 4 aromatic carbocycles. The molecule has 0 bridgehead atoms. The predicted molar refractivity (Wildman–Crippen MR) is 156 cm³/mol. The van der Waals surface area contributed by atoms with Gasteiger partial charge in [-0.1, -0.05) is 35.7 Å². The predicted octanol–water partition coefficient (Wildman–Crippen LogP) is 8.38. The van der Waals surface area contributed by atoms with Gasteiger partial charge in [0.15, 0.2) is 0 Å². The number of hydrogen-bond donors (Lipinski definition) is 0. The summed E-state index contributed by atoms with van der Waals surface area (Å²) < 4.78 is 8.99. The van der Waals surface area contributed by atoms with Crippen LogP contribution >= 0.6 is 11.3 Å². The third-order valence-electron chi connectivity index (χ3n) is 6.84. The smallest absolute Gasteiger partial charge is 0.445 e. The van der Waals surface area contributed by atoms with Gasteiger partial charge < -0.3 is 14.0 Å². The van der Waals surface area contributed by atoms with Gasteiger partial charge in [-0.3, -0.25) is 4.98 Å². The van der Waals surface area contributed by atoms with Crippen LogP contribution in [0.5, 0.6) is 0 Å². The molecule has 8 aromatic rings. The fourth-order valence-electron chi connectivity index (χ4n) is 5.06. The number of hydrogen-bond acceptors (Lipinski definition) is 5. The first-order valence-corrected chi connectivity index (χ1v) is 13.3. The van der Waals surface area contributed by atoms with Gasteiger partial charge in [0.2, 0.25) is 5.89 Å². The molecule has 0 unspecified atom stereocenters. The van der Waals surface area contributed by atoms with Crippen LogP contribution in [0, 0.1) is 12.1 Å². The van der Waals surface area contributed by atoms with Crippen LogP contribution in [0.1, 0.15) is 0 Å². The van der Waals surface area contributed by atoms with Crippen molar-refractivity contribution in [3.05, 3.63) is 122 Å². The maximum Gasteiger partial charge on any atom is 2.00 e. The van der Waals surface area contributed by atoms with Gasteiger partial charge >= 0.3 is 21.1 Å². The second kappa shape index (κ2) is 9.98. The van der Waals surface area contributed by atoms with Gasteiger partial charge in [-0.25, -0.2) is 4.98 Å². The zero-order valence-electron chi connectivity index (χ0n) is 20.8. The molecule has 0 fully saturated rings. The Morgan fingerprint density at radius 1 is 0.750 bits per heavy atom. The number of rotatable bonds is 4. The Morgan fingerprint density at radius 3 is 2.50 bits per heavy atom. The molecule has 0 atom stereocenters. The molecule has 40 heavy (non-hydrogen) atoms. The Bertz CT molecular complexity index is 2100. The molecule has 4 heterocycles. The van der Waals surface area contributed by atoms with Crippen molar-refractivity contribution >= 4 is 43.4 Å². The number of para-hydroxylation sites is 1. The Balaban J connectivity index is 0.00000264. The first-order chi connectivity index (χ1) is 19.3. The van der Waals surface area contributed by atoms with Gasteiger partial charge in [0.1, 0.15) is 6.26 Å². The second-order valence-corrected chi connectivity index (χ2v) is 10.2. The fourth-order valence-corrected chi connectivity index (χ4v) is 6.01. The number of oxazole rings is 1. The minimum atomic E-state index is 0. The van der Waals surface area contributed by atoms with E-state index in [4.69, 9.17) is 9.40 Å². The van der Waals surface area contributed by atoms with Crippen molar-refractivity contribution < 1.29 is 25.5 Å². The minimum Gasteiger partial charge on any atom is -0.445 e. The minimum absolute atomic E-state index is 0. The molecule has 0 N–H and O–H groups in total. The molecule has 0 saturated carbocycles. The average Bonchev–Trinajstić information content (AvgIpc) is 3.75. The van der Waals surface area contributed by atoms with Gasteiger partial charge in [-0.05, 0) is 52.6 Å². The number of aromatic nitrogens is 4. The van der Waals surface area contributed by atoms with Crippen LogP contribution in [0.2, 0.25) is 0 Å². The van der Waals surface area contributed by atoms with E-state index in [1.807, 2.05) is 54.6 Å². The number of pyridine rings is 1. The van der Waals surface area contributed by atoms with E-state index in [0.717, 1.165) is 65.1 Å². The summed E-state index contributed by atoms with van der Waals surface area (Å²) in [6, 6.07) is 38.2. The van der Waals surface area contributed by atoms with Crippen LogP contribution in [-0.2, 0) is 21.1 Å². The van der Waals surface area contributed by atoms with E-state index in [1.165, 1.54) is 0 Å². The second-order valence-electron chi connectivity index (χ2n) is 9.19. The van der Waals surface area contributed by atoms with E-state index in [-0.39, 0.29) is 21.1 Å². The van der Waals surface area contributed by atoms with Crippen LogP contribution in [0.25, 0.3) is 71.0 Å². The van der Waals surface area contributed by atoms with E-state index in [9.17, 15) is 0 Å². The molecule has 0 saturated heterocycles. The van der Waals surface area contributed by atoms with E-state index < -0.39 is 0 Å². The molecule has 192 valence electrons. The number of thiazole rings is 1. The molecule has 7 heteroatoms. The summed E-state index contributed by atoms with van der Waals surface area (Å²) in [5, 5.41) is 3.16. The Hall–Kier alpha value is -4.38. The zero-order valence-corrected chi connectivity index (χ0v) is 23.9. The molecule has 8 rings (SSSR count).